The lowest BCUT2D eigenvalue weighted by molar-refractivity contribution is 0.0980. The summed E-state index contributed by atoms with van der Waals surface area (Å²) >= 11 is 6.17. The first-order valence-corrected chi connectivity index (χ1v) is 7.37. The van der Waals surface area contributed by atoms with E-state index in [-0.39, 0.29) is 11.6 Å². The zero-order valence-corrected chi connectivity index (χ0v) is 12.6. The lowest BCUT2D eigenvalue weighted by atomic mass is 9.81. The van der Waals surface area contributed by atoms with Crippen molar-refractivity contribution in [2.75, 3.05) is 0 Å². The lowest BCUT2D eigenvalue weighted by Crippen LogP contribution is -2.21. The molecule has 0 aliphatic heterocycles. The molecule has 3 aromatic rings. The lowest BCUT2D eigenvalue weighted by Gasteiger charge is -2.19. The Balaban J connectivity index is 2.13. The van der Waals surface area contributed by atoms with Crippen LogP contribution in [0.1, 0.15) is 37.4 Å². The van der Waals surface area contributed by atoms with Crippen molar-refractivity contribution in [1.29, 1.82) is 0 Å². The molecule has 0 spiro atoms. The summed E-state index contributed by atoms with van der Waals surface area (Å²) < 4.78 is 0. The number of halogens is 1. The third-order valence-corrected chi connectivity index (χ3v) is 4.70. The van der Waals surface area contributed by atoms with Gasteiger partial charge in [-0.3, -0.25) is 9.59 Å². The van der Waals surface area contributed by atoms with Gasteiger partial charge in [0.05, 0.1) is 0 Å². The Hall–Kier alpha value is -2.45. The predicted molar refractivity (Wildman–Crippen MR) is 87.0 cm³/mol. The van der Waals surface area contributed by atoms with E-state index in [4.69, 9.17) is 11.6 Å². The predicted octanol–water partition coefficient (Wildman–Crippen LogP) is 4.58. The third-order valence-electron chi connectivity index (χ3n) is 4.29. The maximum Gasteiger partial charge on any atom is 0.195 e. The van der Waals surface area contributed by atoms with Gasteiger partial charge < -0.3 is 0 Å². The molecule has 2 nitrogen and oxygen atoms in total. The van der Waals surface area contributed by atoms with E-state index in [0.29, 0.717) is 27.3 Å². The Morgan fingerprint density at radius 2 is 1.36 bits per heavy atom. The molecule has 0 aromatic heterocycles. The molecule has 0 N–H and O–H groups in total. The Morgan fingerprint density at radius 3 is 2.09 bits per heavy atom. The molecule has 0 unspecified atom stereocenters. The third kappa shape index (κ3) is 1.62. The van der Waals surface area contributed by atoms with Gasteiger partial charge in [0.2, 0.25) is 0 Å². The molecule has 0 heterocycles. The average Bonchev–Trinajstić information content (AvgIpc) is 2.55. The van der Waals surface area contributed by atoms with Crippen molar-refractivity contribution < 1.29 is 9.59 Å². The van der Waals surface area contributed by atoms with Gasteiger partial charge in [-0.15, -0.1) is 0 Å². The first-order valence-electron chi connectivity index (χ1n) is 7.00. The number of hydrogen-bond donors (Lipinski definition) is 0. The summed E-state index contributed by atoms with van der Waals surface area (Å²) in [6, 6.07) is 14.2. The number of fused-ring (bicyclic) bond motifs is 4. The van der Waals surface area contributed by atoms with Crippen LogP contribution in [0.4, 0.5) is 0 Å². The van der Waals surface area contributed by atoms with Crippen LogP contribution in [0, 0.1) is 6.92 Å². The van der Waals surface area contributed by atoms with Crippen LogP contribution in [0.15, 0.2) is 48.5 Å². The average molecular weight is 307 g/mol. The summed E-state index contributed by atoms with van der Waals surface area (Å²) in [5, 5.41) is 2.35. The second-order valence-electron chi connectivity index (χ2n) is 5.46. The summed E-state index contributed by atoms with van der Waals surface area (Å²) in [5.74, 6) is -0.197. The van der Waals surface area contributed by atoms with Gasteiger partial charge in [0.15, 0.2) is 11.6 Å². The number of hydrogen-bond acceptors (Lipinski definition) is 2. The second kappa shape index (κ2) is 4.52. The minimum atomic E-state index is -0.0995. The first-order chi connectivity index (χ1) is 10.6. The first kappa shape index (κ1) is 13.2. The zero-order valence-electron chi connectivity index (χ0n) is 11.8. The van der Waals surface area contributed by atoms with Gasteiger partial charge in [0, 0.05) is 27.3 Å². The van der Waals surface area contributed by atoms with Gasteiger partial charge >= 0.3 is 0 Å². The van der Waals surface area contributed by atoms with E-state index in [1.165, 1.54) is 0 Å². The SMILES string of the molecule is Cc1c(Cl)ccc2c3c(ccc12)C(=O)c1ccccc1C3=O. The van der Waals surface area contributed by atoms with E-state index in [0.717, 1.165) is 16.3 Å². The monoisotopic (exact) mass is 306 g/mol. The fourth-order valence-electron chi connectivity index (χ4n) is 3.12. The highest BCUT2D eigenvalue weighted by Gasteiger charge is 2.30. The molecule has 3 heteroatoms. The minimum absolute atomic E-state index is 0.0975. The number of benzene rings is 3. The molecule has 22 heavy (non-hydrogen) atoms. The fraction of sp³-hybridized carbons (Fsp3) is 0.0526. The van der Waals surface area contributed by atoms with Crippen molar-refractivity contribution in [2.45, 2.75) is 6.92 Å². The maximum absolute atomic E-state index is 12.9. The van der Waals surface area contributed by atoms with Gasteiger partial charge in [-0.05, 0) is 35.4 Å². The van der Waals surface area contributed by atoms with Crippen LogP contribution in [0.5, 0.6) is 0 Å². The van der Waals surface area contributed by atoms with E-state index >= 15 is 0 Å². The molecule has 0 amide bonds. The van der Waals surface area contributed by atoms with Crippen molar-refractivity contribution in [3.8, 4) is 0 Å². The standard InChI is InChI=1S/C19H11ClO2/c1-10-11-6-7-15-17(12(11)8-9-16(10)20)19(22)14-5-3-2-4-13(14)18(15)21/h2-9H,1H3. The Labute approximate surface area is 132 Å². The highest BCUT2D eigenvalue weighted by Crippen LogP contribution is 2.35. The van der Waals surface area contributed by atoms with Crippen LogP contribution < -0.4 is 0 Å². The molecule has 0 bridgehead atoms. The van der Waals surface area contributed by atoms with Crippen LogP contribution in [0.2, 0.25) is 5.02 Å². The Bertz CT molecular complexity index is 986. The van der Waals surface area contributed by atoms with Gasteiger partial charge in [0.1, 0.15) is 0 Å². The summed E-state index contributed by atoms with van der Waals surface area (Å²) in [4.78, 5) is 25.5. The van der Waals surface area contributed by atoms with E-state index in [1.54, 1.807) is 36.4 Å². The molecule has 0 fully saturated rings. The Morgan fingerprint density at radius 1 is 0.727 bits per heavy atom. The smallest absolute Gasteiger partial charge is 0.195 e. The maximum atomic E-state index is 12.9. The second-order valence-corrected chi connectivity index (χ2v) is 5.87. The van der Waals surface area contributed by atoms with Gasteiger partial charge in [-0.1, -0.05) is 48.0 Å². The molecule has 0 radical (unpaired) electrons. The molecule has 0 saturated carbocycles. The highest BCUT2D eigenvalue weighted by atomic mass is 35.5. The zero-order chi connectivity index (χ0) is 15.4. The van der Waals surface area contributed by atoms with Crippen LogP contribution in [0.25, 0.3) is 10.8 Å². The summed E-state index contributed by atoms with van der Waals surface area (Å²) in [6.45, 7) is 1.92. The van der Waals surface area contributed by atoms with Crippen molar-refractivity contribution >= 4 is 33.9 Å². The summed E-state index contributed by atoms with van der Waals surface area (Å²) in [5.41, 5.74) is 2.82. The number of carbonyl (C=O) groups excluding carboxylic acids is 2. The van der Waals surface area contributed by atoms with Crippen molar-refractivity contribution in [3.63, 3.8) is 0 Å². The number of aryl methyl sites for hydroxylation is 1. The van der Waals surface area contributed by atoms with Crippen LogP contribution in [0.3, 0.4) is 0 Å². The van der Waals surface area contributed by atoms with Gasteiger partial charge in [0.25, 0.3) is 0 Å². The molecule has 0 atom stereocenters. The molecule has 1 aliphatic carbocycles. The van der Waals surface area contributed by atoms with E-state index in [1.807, 2.05) is 19.1 Å². The highest BCUT2D eigenvalue weighted by molar-refractivity contribution is 6.34. The molecular formula is C19H11ClO2. The minimum Gasteiger partial charge on any atom is -0.289 e. The number of ketones is 2. The normalized spacial score (nSPS) is 13.2. The molecular weight excluding hydrogens is 296 g/mol. The van der Waals surface area contributed by atoms with Gasteiger partial charge in [-0.25, -0.2) is 0 Å². The van der Waals surface area contributed by atoms with Gasteiger partial charge in [-0.2, -0.15) is 0 Å². The molecule has 1 aliphatic rings. The van der Waals surface area contributed by atoms with E-state index in [2.05, 4.69) is 0 Å². The molecule has 4 rings (SSSR count). The summed E-state index contributed by atoms with van der Waals surface area (Å²) in [6.07, 6.45) is 0. The topological polar surface area (TPSA) is 34.1 Å². The van der Waals surface area contributed by atoms with Crippen LogP contribution >= 0.6 is 11.6 Å². The van der Waals surface area contributed by atoms with E-state index < -0.39 is 0 Å². The molecule has 106 valence electrons. The van der Waals surface area contributed by atoms with E-state index in [9.17, 15) is 9.59 Å². The quantitative estimate of drug-likeness (QED) is 0.476. The molecule has 0 saturated heterocycles. The van der Waals surface area contributed by atoms with Crippen LogP contribution in [-0.4, -0.2) is 11.6 Å². The van der Waals surface area contributed by atoms with Crippen molar-refractivity contribution in [3.05, 3.63) is 81.4 Å². The largest absolute Gasteiger partial charge is 0.289 e. The number of rotatable bonds is 0. The number of carbonyl (C=O) groups is 2. The summed E-state index contributed by atoms with van der Waals surface area (Å²) in [7, 11) is 0. The van der Waals surface area contributed by atoms with Crippen LogP contribution in [-0.2, 0) is 0 Å². The Kier molecular flexibility index (Phi) is 2.72. The molecule has 3 aromatic carbocycles. The van der Waals surface area contributed by atoms with Crippen molar-refractivity contribution in [1.82, 2.24) is 0 Å². The van der Waals surface area contributed by atoms with Crippen molar-refractivity contribution in [2.24, 2.45) is 0 Å². The fourth-order valence-corrected chi connectivity index (χ4v) is 3.29.